The van der Waals surface area contributed by atoms with Crippen molar-refractivity contribution < 1.29 is 9.59 Å². The van der Waals surface area contributed by atoms with Gasteiger partial charge in [0.05, 0.1) is 17.5 Å². The smallest absolute Gasteiger partial charge is 0.261 e. The van der Waals surface area contributed by atoms with Crippen LogP contribution in [0.2, 0.25) is 0 Å². The molecule has 2 aromatic rings. The minimum atomic E-state index is -0.181. The zero-order valence-corrected chi connectivity index (χ0v) is 13.9. The van der Waals surface area contributed by atoms with Gasteiger partial charge in [0, 0.05) is 6.54 Å². The van der Waals surface area contributed by atoms with Gasteiger partial charge in [-0.15, -0.1) is 11.3 Å². The number of thiophene rings is 1. The van der Waals surface area contributed by atoms with Gasteiger partial charge in [0.2, 0.25) is 5.91 Å². The van der Waals surface area contributed by atoms with E-state index in [0.29, 0.717) is 4.88 Å². The summed E-state index contributed by atoms with van der Waals surface area (Å²) in [7, 11) is 0. The van der Waals surface area contributed by atoms with E-state index < -0.39 is 0 Å². The second kappa shape index (κ2) is 6.96. The molecule has 0 spiro atoms. The fraction of sp³-hybridized carbons (Fsp3) is 0.333. The number of aryl methyl sites for hydroxylation is 1. The number of hydrogen-bond donors (Lipinski definition) is 1. The Kier molecular flexibility index (Phi) is 4.76. The summed E-state index contributed by atoms with van der Waals surface area (Å²) in [6, 6.07) is 12.1. The zero-order valence-electron chi connectivity index (χ0n) is 13.1. The van der Waals surface area contributed by atoms with E-state index in [1.807, 2.05) is 16.3 Å². The van der Waals surface area contributed by atoms with Crippen molar-refractivity contribution in [2.45, 2.75) is 25.8 Å². The van der Waals surface area contributed by atoms with Gasteiger partial charge in [-0.05, 0) is 36.8 Å². The Morgan fingerprint density at radius 1 is 1.26 bits per heavy atom. The molecule has 1 saturated heterocycles. The van der Waals surface area contributed by atoms with Crippen LogP contribution in [0, 0.1) is 6.92 Å². The second-order valence-corrected chi connectivity index (χ2v) is 6.76. The van der Waals surface area contributed by atoms with Gasteiger partial charge in [-0.1, -0.05) is 35.9 Å². The molecule has 4 nitrogen and oxygen atoms in total. The van der Waals surface area contributed by atoms with Crippen LogP contribution in [-0.2, 0) is 4.79 Å². The van der Waals surface area contributed by atoms with Crippen LogP contribution >= 0.6 is 11.3 Å². The molecule has 1 fully saturated rings. The van der Waals surface area contributed by atoms with Crippen molar-refractivity contribution in [1.29, 1.82) is 0 Å². The quantitative estimate of drug-likeness (QED) is 0.937. The standard InChI is InChI=1S/C18H20N2O2S/c1-13-6-8-14(9-7-13)15-4-2-10-20(15)17(21)12-19-18(22)16-5-3-11-23-16/h3,5-9,11,15H,2,4,10,12H2,1H3,(H,19,22). The third kappa shape index (κ3) is 3.62. The molecular formula is C18H20N2O2S. The summed E-state index contributed by atoms with van der Waals surface area (Å²) >= 11 is 1.38. The third-order valence-electron chi connectivity index (χ3n) is 4.18. The molecule has 120 valence electrons. The predicted octanol–water partition coefficient (Wildman–Crippen LogP) is 3.15. The van der Waals surface area contributed by atoms with Gasteiger partial charge in [0.15, 0.2) is 0 Å². The number of nitrogens with one attached hydrogen (secondary N) is 1. The predicted molar refractivity (Wildman–Crippen MR) is 91.5 cm³/mol. The number of carbonyl (C=O) groups is 2. The molecule has 1 aromatic carbocycles. The fourth-order valence-corrected chi connectivity index (χ4v) is 3.59. The monoisotopic (exact) mass is 328 g/mol. The van der Waals surface area contributed by atoms with Gasteiger partial charge in [-0.25, -0.2) is 0 Å². The Balaban J connectivity index is 1.62. The van der Waals surface area contributed by atoms with E-state index in [1.54, 1.807) is 6.07 Å². The molecule has 3 rings (SSSR count). The molecular weight excluding hydrogens is 308 g/mol. The molecule has 0 saturated carbocycles. The van der Waals surface area contributed by atoms with Crippen molar-refractivity contribution in [3.63, 3.8) is 0 Å². The summed E-state index contributed by atoms with van der Waals surface area (Å²) in [5, 5.41) is 4.57. The molecule has 0 radical (unpaired) electrons. The normalized spacial score (nSPS) is 17.3. The van der Waals surface area contributed by atoms with E-state index in [1.165, 1.54) is 22.5 Å². The van der Waals surface area contributed by atoms with Crippen molar-refractivity contribution in [3.05, 3.63) is 57.8 Å². The van der Waals surface area contributed by atoms with E-state index in [-0.39, 0.29) is 24.4 Å². The highest BCUT2D eigenvalue weighted by atomic mass is 32.1. The molecule has 1 N–H and O–H groups in total. The van der Waals surface area contributed by atoms with Gasteiger partial charge in [-0.2, -0.15) is 0 Å². The van der Waals surface area contributed by atoms with Gasteiger partial charge in [-0.3, -0.25) is 9.59 Å². The molecule has 1 aliphatic rings. The number of nitrogens with zero attached hydrogens (tertiary/aromatic N) is 1. The molecule has 2 heterocycles. The van der Waals surface area contributed by atoms with Gasteiger partial charge < -0.3 is 10.2 Å². The number of rotatable bonds is 4. The first-order valence-electron chi connectivity index (χ1n) is 7.83. The molecule has 1 atom stereocenters. The van der Waals surface area contributed by atoms with E-state index in [0.717, 1.165) is 19.4 Å². The van der Waals surface area contributed by atoms with Crippen LogP contribution in [0.3, 0.4) is 0 Å². The zero-order chi connectivity index (χ0) is 16.2. The SMILES string of the molecule is Cc1ccc(C2CCCN2C(=O)CNC(=O)c2cccs2)cc1. The lowest BCUT2D eigenvalue weighted by Crippen LogP contribution is -2.39. The van der Waals surface area contributed by atoms with Gasteiger partial charge in [0.25, 0.3) is 5.91 Å². The molecule has 1 aliphatic heterocycles. The molecule has 23 heavy (non-hydrogen) atoms. The van der Waals surface area contributed by atoms with Crippen molar-refractivity contribution in [2.24, 2.45) is 0 Å². The number of amides is 2. The van der Waals surface area contributed by atoms with Crippen LogP contribution in [0.25, 0.3) is 0 Å². The summed E-state index contributed by atoms with van der Waals surface area (Å²) in [4.78, 5) is 26.9. The molecule has 0 bridgehead atoms. The first-order chi connectivity index (χ1) is 11.1. The molecule has 1 aromatic heterocycles. The minimum absolute atomic E-state index is 0.0158. The van der Waals surface area contributed by atoms with Crippen LogP contribution in [0.15, 0.2) is 41.8 Å². The van der Waals surface area contributed by atoms with Crippen molar-refractivity contribution in [1.82, 2.24) is 10.2 Å². The summed E-state index contributed by atoms with van der Waals surface area (Å²) in [6.45, 7) is 2.87. The van der Waals surface area contributed by atoms with E-state index in [4.69, 9.17) is 0 Å². The highest BCUT2D eigenvalue weighted by Crippen LogP contribution is 2.31. The minimum Gasteiger partial charge on any atom is -0.342 e. The maximum Gasteiger partial charge on any atom is 0.261 e. The maximum atomic E-state index is 12.5. The van der Waals surface area contributed by atoms with Gasteiger partial charge >= 0.3 is 0 Å². The van der Waals surface area contributed by atoms with E-state index in [9.17, 15) is 9.59 Å². The van der Waals surface area contributed by atoms with E-state index in [2.05, 4.69) is 36.5 Å². The number of benzene rings is 1. The second-order valence-electron chi connectivity index (χ2n) is 5.82. The lowest BCUT2D eigenvalue weighted by Gasteiger charge is -2.25. The van der Waals surface area contributed by atoms with Crippen molar-refractivity contribution in [3.8, 4) is 0 Å². The highest BCUT2D eigenvalue weighted by Gasteiger charge is 2.29. The molecule has 2 amide bonds. The van der Waals surface area contributed by atoms with Gasteiger partial charge in [0.1, 0.15) is 0 Å². The number of likely N-dealkylation sites (tertiary alicyclic amines) is 1. The van der Waals surface area contributed by atoms with Crippen LogP contribution in [0.5, 0.6) is 0 Å². The third-order valence-corrected chi connectivity index (χ3v) is 5.05. The number of hydrogen-bond acceptors (Lipinski definition) is 3. The summed E-state index contributed by atoms with van der Waals surface area (Å²) in [6.07, 6.45) is 1.98. The first-order valence-corrected chi connectivity index (χ1v) is 8.71. The largest absolute Gasteiger partial charge is 0.342 e. The Hall–Kier alpha value is -2.14. The van der Waals surface area contributed by atoms with Crippen molar-refractivity contribution in [2.75, 3.05) is 13.1 Å². The highest BCUT2D eigenvalue weighted by molar-refractivity contribution is 7.12. The Morgan fingerprint density at radius 2 is 2.04 bits per heavy atom. The topological polar surface area (TPSA) is 49.4 Å². The fourth-order valence-electron chi connectivity index (χ4n) is 2.95. The summed E-state index contributed by atoms with van der Waals surface area (Å²) < 4.78 is 0. The van der Waals surface area contributed by atoms with Crippen LogP contribution < -0.4 is 5.32 Å². The summed E-state index contributed by atoms with van der Waals surface area (Å²) in [5.41, 5.74) is 2.39. The van der Waals surface area contributed by atoms with Crippen LogP contribution in [0.1, 0.15) is 39.7 Å². The van der Waals surface area contributed by atoms with Crippen LogP contribution in [-0.4, -0.2) is 29.8 Å². The van der Waals surface area contributed by atoms with Crippen LogP contribution in [0.4, 0.5) is 0 Å². The van der Waals surface area contributed by atoms with E-state index >= 15 is 0 Å². The molecule has 1 unspecified atom stereocenters. The lowest BCUT2D eigenvalue weighted by atomic mass is 10.0. The lowest BCUT2D eigenvalue weighted by molar-refractivity contribution is -0.131. The number of carbonyl (C=O) groups excluding carboxylic acids is 2. The average Bonchev–Trinajstić information content (AvgIpc) is 3.24. The molecule has 5 heteroatoms. The average molecular weight is 328 g/mol. The Bertz CT molecular complexity index is 680. The first kappa shape index (κ1) is 15.7. The Morgan fingerprint density at radius 3 is 2.74 bits per heavy atom. The van der Waals surface area contributed by atoms with Crippen molar-refractivity contribution >= 4 is 23.2 Å². The summed E-state index contributed by atoms with van der Waals surface area (Å²) in [5.74, 6) is -0.197. The molecule has 0 aliphatic carbocycles. The maximum absolute atomic E-state index is 12.5. The Labute approximate surface area is 140 Å².